The number of hydrogen-bond acceptors (Lipinski definition) is 3. The average molecular weight is 314 g/mol. The third kappa shape index (κ3) is 5.19. The Morgan fingerprint density at radius 2 is 1.95 bits per heavy atom. The molecule has 0 saturated heterocycles. The second-order valence-electron chi connectivity index (χ2n) is 4.80. The SMILES string of the molecule is CCN(CCC(N)=S)S(=O)(=O)CC(C)c1ccccc1. The van der Waals surface area contributed by atoms with Gasteiger partial charge in [0, 0.05) is 19.5 Å². The number of benzene rings is 1. The maximum atomic E-state index is 12.4. The van der Waals surface area contributed by atoms with Crippen molar-refractivity contribution in [1.82, 2.24) is 4.31 Å². The van der Waals surface area contributed by atoms with E-state index in [4.69, 9.17) is 18.0 Å². The van der Waals surface area contributed by atoms with Crippen LogP contribution in [0.15, 0.2) is 30.3 Å². The van der Waals surface area contributed by atoms with Crippen LogP contribution in [0, 0.1) is 0 Å². The number of thiocarbonyl (C=S) groups is 1. The minimum absolute atomic E-state index is 0.0416. The fourth-order valence-corrected chi connectivity index (χ4v) is 3.92. The molecule has 4 nitrogen and oxygen atoms in total. The molecule has 0 bridgehead atoms. The van der Waals surface area contributed by atoms with Crippen LogP contribution in [0.25, 0.3) is 0 Å². The van der Waals surface area contributed by atoms with Gasteiger partial charge in [0.2, 0.25) is 10.0 Å². The van der Waals surface area contributed by atoms with E-state index in [-0.39, 0.29) is 11.7 Å². The van der Waals surface area contributed by atoms with Gasteiger partial charge in [-0.3, -0.25) is 0 Å². The Bertz CT molecular complexity index is 529. The van der Waals surface area contributed by atoms with Gasteiger partial charge < -0.3 is 5.73 Å². The van der Waals surface area contributed by atoms with Gasteiger partial charge in [0.25, 0.3) is 0 Å². The second kappa shape index (κ2) is 7.71. The van der Waals surface area contributed by atoms with Crippen LogP contribution in [-0.2, 0) is 10.0 Å². The lowest BCUT2D eigenvalue weighted by Gasteiger charge is -2.22. The molecule has 0 spiro atoms. The smallest absolute Gasteiger partial charge is 0.214 e. The first kappa shape index (κ1) is 17.1. The predicted molar refractivity (Wildman–Crippen MR) is 87.3 cm³/mol. The van der Waals surface area contributed by atoms with Crippen LogP contribution in [0.3, 0.4) is 0 Å². The van der Waals surface area contributed by atoms with E-state index in [9.17, 15) is 8.42 Å². The van der Waals surface area contributed by atoms with Crippen molar-refractivity contribution in [2.45, 2.75) is 26.2 Å². The van der Waals surface area contributed by atoms with E-state index < -0.39 is 10.0 Å². The summed E-state index contributed by atoms with van der Waals surface area (Å²) in [5.41, 5.74) is 6.47. The normalized spacial score (nSPS) is 13.3. The van der Waals surface area contributed by atoms with E-state index in [2.05, 4.69) is 0 Å². The first-order valence-electron chi connectivity index (χ1n) is 6.68. The highest BCUT2D eigenvalue weighted by Gasteiger charge is 2.23. The van der Waals surface area contributed by atoms with Gasteiger partial charge in [-0.15, -0.1) is 0 Å². The molecule has 0 aromatic heterocycles. The third-order valence-electron chi connectivity index (χ3n) is 3.18. The molecule has 0 aliphatic heterocycles. The molecular weight excluding hydrogens is 292 g/mol. The van der Waals surface area contributed by atoms with Gasteiger partial charge in [0.05, 0.1) is 10.7 Å². The highest BCUT2D eigenvalue weighted by molar-refractivity contribution is 7.89. The lowest BCUT2D eigenvalue weighted by Crippen LogP contribution is -2.36. The highest BCUT2D eigenvalue weighted by Crippen LogP contribution is 2.18. The Labute approximate surface area is 127 Å². The highest BCUT2D eigenvalue weighted by atomic mass is 32.2. The van der Waals surface area contributed by atoms with E-state index in [1.807, 2.05) is 44.2 Å². The largest absolute Gasteiger partial charge is 0.393 e. The molecular formula is C14H22N2O2S2. The minimum Gasteiger partial charge on any atom is -0.393 e. The van der Waals surface area contributed by atoms with Gasteiger partial charge >= 0.3 is 0 Å². The monoisotopic (exact) mass is 314 g/mol. The lowest BCUT2D eigenvalue weighted by atomic mass is 10.0. The molecule has 1 rings (SSSR count). The predicted octanol–water partition coefficient (Wildman–Crippen LogP) is 2.12. The zero-order valence-corrected chi connectivity index (χ0v) is 13.6. The van der Waals surface area contributed by atoms with Crippen molar-refractivity contribution >= 4 is 27.2 Å². The number of nitrogens with zero attached hydrogens (tertiary/aromatic N) is 1. The summed E-state index contributed by atoms with van der Waals surface area (Å²) in [6, 6.07) is 9.66. The molecule has 1 atom stereocenters. The first-order chi connectivity index (χ1) is 9.36. The van der Waals surface area contributed by atoms with Crippen LogP contribution < -0.4 is 5.73 Å². The molecule has 2 N–H and O–H groups in total. The number of rotatable bonds is 8. The Kier molecular flexibility index (Phi) is 6.58. The molecule has 0 saturated carbocycles. The standard InChI is InChI=1S/C14H22N2O2S2/c1-3-16(10-9-14(15)19)20(17,18)11-12(2)13-7-5-4-6-8-13/h4-8,12H,3,9-11H2,1-2H3,(H2,15,19). The van der Waals surface area contributed by atoms with Crippen molar-refractivity contribution in [3.8, 4) is 0 Å². The van der Waals surface area contributed by atoms with Crippen LogP contribution in [-0.4, -0.2) is 36.6 Å². The summed E-state index contributed by atoms with van der Waals surface area (Å²) in [4.78, 5) is 0.342. The summed E-state index contributed by atoms with van der Waals surface area (Å²) in [7, 11) is -3.30. The zero-order chi connectivity index (χ0) is 15.2. The van der Waals surface area contributed by atoms with E-state index in [1.54, 1.807) is 0 Å². The molecule has 6 heteroatoms. The molecule has 1 aromatic rings. The molecule has 1 unspecified atom stereocenters. The van der Waals surface area contributed by atoms with Gasteiger partial charge in [-0.05, 0) is 11.5 Å². The Hall–Kier alpha value is -0.980. The maximum Gasteiger partial charge on any atom is 0.214 e. The summed E-state index contributed by atoms with van der Waals surface area (Å²) in [5.74, 6) is 0.0578. The maximum absolute atomic E-state index is 12.4. The summed E-state index contributed by atoms with van der Waals surface area (Å²) < 4.78 is 26.2. The van der Waals surface area contributed by atoms with Crippen molar-refractivity contribution < 1.29 is 8.42 Å². The first-order valence-corrected chi connectivity index (χ1v) is 8.69. The molecule has 112 valence electrons. The van der Waals surface area contributed by atoms with Crippen molar-refractivity contribution in [2.75, 3.05) is 18.8 Å². The summed E-state index contributed by atoms with van der Waals surface area (Å²) in [6.45, 7) is 4.54. The van der Waals surface area contributed by atoms with Gasteiger partial charge in [0.1, 0.15) is 0 Å². The van der Waals surface area contributed by atoms with Crippen LogP contribution >= 0.6 is 12.2 Å². The Balaban J connectivity index is 2.74. The number of sulfonamides is 1. The number of nitrogens with two attached hydrogens (primary N) is 1. The van der Waals surface area contributed by atoms with Crippen LogP contribution in [0.4, 0.5) is 0 Å². The van der Waals surface area contributed by atoms with E-state index in [0.29, 0.717) is 24.5 Å². The van der Waals surface area contributed by atoms with Crippen molar-refractivity contribution in [1.29, 1.82) is 0 Å². The summed E-state index contributed by atoms with van der Waals surface area (Å²) in [5, 5.41) is 0. The molecule has 0 aliphatic carbocycles. The molecule has 0 heterocycles. The van der Waals surface area contributed by atoms with Gasteiger partial charge in [0.15, 0.2) is 0 Å². The lowest BCUT2D eigenvalue weighted by molar-refractivity contribution is 0.435. The minimum atomic E-state index is -3.30. The summed E-state index contributed by atoms with van der Waals surface area (Å²) >= 11 is 4.81. The molecule has 1 aromatic carbocycles. The van der Waals surface area contributed by atoms with Crippen molar-refractivity contribution in [3.05, 3.63) is 35.9 Å². The quantitative estimate of drug-likeness (QED) is 0.747. The molecule has 0 aliphatic rings. The van der Waals surface area contributed by atoms with Crippen LogP contribution in [0.5, 0.6) is 0 Å². The molecule has 0 radical (unpaired) electrons. The third-order valence-corrected chi connectivity index (χ3v) is 5.54. The number of hydrogen-bond donors (Lipinski definition) is 1. The average Bonchev–Trinajstić information content (AvgIpc) is 2.39. The Morgan fingerprint density at radius 3 is 2.45 bits per heavy atom. The zero-order valence-electron chi connectivity index (χ0n) is 12.0. The van der Waals surface area contributed by atoms with Crippen molar-refractivity contribution in [2.24, 2.45) is 5.73 Å². The van der Waals surface area contributed by atoms with Gasteiger partial charge in [-0.2, -0.15) is 0 Å². The summed E-state index contributed by atoms with van der Waals surface area (Å²) in [6.07, 6.45) is 0.419. The fraction of sp³-hybridized carbons (Fsp3) is 0.500. The topological polar surface area (TPSA) is 63.4 Å². The van der Waals surface area contributed by atoms with Crippen LogP contribution in [0.2, 0.25) is 0 Å². The second-order valence-corrected chi connectivity index (χ2v) is 7.34. The molecule has 20 heavy (non-hydrogen) atoms. The van der Waals surface area contributed by atoms with Gasteiger partial charge in [-0.25, -0.2) is 12.7 Å². The fourth-order valence-electron chi connectivity index (χ4n) is 2.03. The Morgan fingerprint density at radius 1 is 1.35 bits per heavy atom. The molecule has 0 fully saturated rings. The van der Waals surface area contributed by atoms with Crippen LogP contribution in [0.1, 0.15) is 31.7 Å². The van der Waals surface area contributed by atoms with E-state index >= 15 is 0 Å². The van der Waals surface area contributed by atoms with E-state index in [1.165, 1.54) is 4.31 Å². The van der Waals surface area contributed by atoms with E-state index in [0.717, 1.165) is 5.56 Å². The van der Waals surface area contributed by atoms with Gasteiger partial charge in [-0.1, -0.05) is 56.4 Å². The molecule has 0 amide bonds. The van der Waals surface area contributed by atoms with Crippen molar-refractivity contribution in [3.63, 3.8) is 0 Å².